The minimum Gasteiger partial charge on any atom is -0.335 e. The molecule has 0 aliphatic carbocycles. The van der Waals surface area contributed by atoms with Crippen LogP contribution >= 0.6 is 0 Å². The molecule has 0 aromatic heterocycles. The molecule has 3 aromatic carbocycles. The Hall–Kier alpha value is -2.98. The summed E-state index contributed by atoms with van der Waals surface area (Å²) in [6.07, 6.45) is 0.917. The molecule has 2 heterocycles. The largest absolute Gasteiger partial charge is 0.335 e. The van der Waals surface area contributed by atoms with Crippen molar-refractivity contribution < 1.29 is 9.18 Å². The average molecular weight is 429 g/mol. The highest BCUT2D eigenvalue weighted by atomic mass is 19.1. The zero-order valence-electron chi connectivity index (χ0n) is 18.5. The predicted molar refractivity (Wildman–Crippen MR) is 125 cm³/mol. The topological polar surface area (TPSA) is 23.6 Å². The van der Waals surface area contributed by atoms with Crippen LogP contribution in [0.15, 0.2) is 78.9 Å². The third-order valence-electron chi connectivity index (χ3n) is 7.15. The third kappa shape index (κ3) is 4.07. The van der Waals surface area contributed by atoms with Crippen LogP contribution in [0.25, 0.3) is 0 Å². The zero-order chi connectivity index (χ0) is 22.1. The van der Waals surface area contributed by atoms with Gasteiger partial charge >= 0.3 is 0 Å². The third-order valence-corrected chi connectivity index (χ3v) is 7.15. The summed E-state index contributed by atoms with van der Waals surface area (Å²) in [5.74, 6) is 0.609. The summed E-state index contributed by atoms with van der Waals surface area (Å²) in [7, 11) is 0. The van der Waals surface area contributed by atoms with Gasteiger partial charge in [-0.05, 0) is 37.1 Å². The van der Waals surface area contributed by atoms with Crippen molar-refractivity contribution in [3.8, 4) is 0 Å². The lowest BCUT2D eigenvalue weighted by atomic mass is 9.81. The molecule has 3 nitrogen and oxygen atoms in total. The lowest BCUT2D eigenvalue weighted by Crippen LogP contribution is -2.47. The van der Waals surface area contributed by atoms with E-state index in [0.29, 0.717) is 12.5 Å². The van der Waals surface area contributed by atoms with Crippen LogP contribution in [-0.2, 0) is 6.54 Å². The van der Waals surface area contributed by atoms with Crippen LogP contribution in [0, 0.1) is 18.7 Å². The zero-order valence-corrected chi connectivity index (χ0v) is 18.5. The van der Waals surface area contributed by atoms with Crippen LogP contribution in [0.2, 0.25) is 0 Å². The molecule has 0 unspecified atom stereocenters. The summed E-state index contributed by atoms with van der Waals surface area (Å²) in [6.45, 7) is 5.19. The first-order valence-corrected chi connectivity index (χ1v) is 11.5. The Balaban J connectivity index is 1.42. The number of aryl methyl sites for hydroxylation is 1. The molecule has 3 atom stereocenters. The number of likely N-dealkylation sites (tertiary alicyclic amines) is 2. The van der Waals surface area contributed by atoms with Crippen LogP contribution in [0.4, 0.5) is 4.39 Å². The summed E-state index contributed by atoms with van der Waals surface area (Å²) in [5.41, 5.74) is 4.03. The van der Waals surface area contributed by atoms with E-state index in [1.165, 1.54) is 17.2 Å². The highest BCUT2D eigenvalue weighted by Gasteiger charge is 2.47. The van der Waals surface area contributed by atoms with Gasteiger partial charge in [-0.1, -0.05) is 66.2 Å². The molecule has 1 amide bonds. The SMILES string of the molecule is Cc1ccc([C@H]2CN(C(=O)c3ccccc3)[C@@H]3CCN(Cc4ccccc4F)C[C@H]23)cc1. The fourth-order valence-corrected chi connectivity index (χ4v) is 5.46. The van der Waals surface area contributed by atoms with Gasteiger partial charge in [-0.2, -0.15) is 0 Å². The number of fused-ring (bicyclic) bond motifs is 1. The first-order chi connectivity index (χ1) is 15.6. The highest BCUT2D eigenvalue weighted by molar-refractivity contribution is 5.94. The van der Waals surface area contributed by atoms with Gasteiger partial charge in [0.25, 0.3) is 5.91 Å². The van der Waals surface area contributed by atoms with Gasteiger partial charge in [0.15, 0.2) is 0 Å². The van der Waals surface area contributed by atoms with Gasteiger partial charge in [-0.25, -0.2) is 4.39 Å². The molecular weight excluding hydrogens is 399 g/mol. The predicted octanol–water partition coefficient (Wildman–Crippen LogP) is 5.26. The lowest BCUT2D eigenvalue weighted by Gasteiger charge is -2.39. The Morgan fingerprint density at radius 1 is 0.938 bits per heavy atom. The van der Waals surface area contributed by atoms with Crippen molar-refractivity contribution in [2.45, 2.75) is 31.8 Å². The molecular formula is C28H29FN2O. The normalized spacial score (nSPS) is 23.2. The number of halogens is 1. The quantitative estimate of drug-likeness (QED) is 0.566. The Morgan fingerprint density at radius 2 is 1.66 bits per heavy atom. The van der Waals surface area contributed by atoms with E-state index in [0.717, 1.165) is 37.2 Å². The van der Waals surface area contributed by atoms with Crippen molar-refractivity contribution >= 4 is 5.91 Å². The van der Waals surface area contributed by atoms with Gasteiger partial charge in [0, 0.05) is 55.2 Å². The van der Waals surface area contributed by atoms with E-state index in [9.17, 15) is 9.18 Å². The molecule has 4 heteroatoms. The van der Waals surface area contributed by atoms with Gasteiger partial charge in [0.1, 0.15) is 5.82 Å². The Morgan fingerprint density at radius 3 is 2.41 bits per heavy atom. The number of nitrogens with zero attached hydrogens (tertiary/aromatic N) is 2. The van der Waals surface area contributed by atoms with Crippen LogP contribution in [0.5, 0.6) is 0 Å². The molecule has 5 rings (SSSR count). The highest BCUT2D eigenvalue weighted by Crippen LogP contribution is 2.42. The molecule has 0 N–H and O–H groups in total. The summed E-state index contributed by atoms with van der Waals surface area (Å²) >= 11 is 0. The van der Waals surface area contributed by atoms with E-state index in [1.54, 1.807) is 6.07 Å². The molecule has 164 valence electrons. The van der Waals surface area contributed by atoms with Gasteiger partial charge in [-0.15, -0.1) is 0 Å². The molecule has 2 aliphatic heterocycles. The first-order valence-electron chi connectivity index (χ1n) is 11.5. The molecule has 3 aromatic rings. The number of carbonyl (C=O) groups is 1. The van der Waals surface area contributed by atoms with Crippen molar-refractivity contribution in [2.75, 3.05) is 19.6 Å². The molecule has 0 radical (unpaired) electrons. The standard InChI is InChI=1S/C28H29FN2O/c1-20-11-13-21(14-12-20)24-19-31(28(32)22-7-3-2-4-8-22)27-15-16-30(18-25(24)27)17-23-9-5-6-10-26(23)29/h2-14,24-25,27H,15-19H2,1H3/t24-,25-,27-/m1/s1. The van der Waals surface area contributed by atoms with Gasteiger partial charge < -0.3 is 4.90 Å². The second-order valence-electron chi connectivity index (χ2n) is 9.19. The minimum absolute atomic E-state index is 0.123. The Bertz CT molecular complexity index is 1080. The second-order valence-corrected chi connectivity index (χ2v) is 9.19. The molecule has 2 fully saturated rings. The maximum atomic E-state index is 14.3. The molecule has 0 bridgehead atoms. The smallest absolute Gasteiger partial charge is 0.254 e. The number of piperidine rings is 1. The average Bonchev–Trinajstić information content (AvgIpc) is 3.20. The van der Waals surface area contributed by atoms with Crippen molar-refractivity contribution in [3.05, 3.63) is 107 Å². The van der Waals surface area contributed by atoms with E-state index < -0.39 is 0 Å². The van der Waals surface area contributed by atoms with E-state index in [4.69, 9.17) is 0 Å². The molecule has 0 spiro atoms. The molecule has 0 saturated carbocycles. The number of hydrogen-bond donors (Lipinski definition) is 0. The van der Waals surface area contributed by atoms with E-state index in [2.05, 4.69) is 41.0 Å². The Kier molecular flexibility index (Phi) is 5.79. The van der Waals surface area contributed by atoms with Crippen molar-refractivity contribution in [3.63, 3.8) is 0 Å². The summed E-state index contributed by atoms with van der Waals surface area (Å²) in [5, 5.41) is 0. The lowest BCUT2D eigenvalue weighted by molar-refractivity contribution is 0.0613. The minimum atomic E-state index is -0.142. The fraction of sp³-hybridized carbons (Fsp3) is 0.321. The van der Waals surface area contributed by atoms with Crippen LogP contribution in [0.1, 0.15) is 39.4 Å². The summed E-state index contributed by atoms with van der Waals surface area (Å²) < 4.78 is 14.3. The van der Waals surface area contributed by atoms with Gasteiger partial charge in [0.05, 0.1) is 0 Å². The first kappa shape index (κ1) is 20.9. The van der Waals surface area contributed by atoms with Gasteiger partial charge in [0.2, 0.25) is 0 Å². The van der Waals surface area contributed by atoms with E-state index in [1.807, 2.05) is 42.5 Å². The maximum Gasteiger partial charge on any atom is 0.254 e. The summed E-state index contributed by atoms with van der Waals surface area (Å²) in [4.78, 5) is 17.9. The number of carbonyl (C=O) groups excluding carboxylic acids is 1. The van der Waals surface area contributed by atoms with Gasteiger partial charge in [-0.3, -0.25) is 9.69 Å². The second kappa shape index (κ2) is 8.87. The molecule has 32 heavy (non-hydrogen) atoms. The van der Waals surface area contributed by atoms with E-state index >= 15 is 0 Å². The maximum absolute atomic E-state index is 14.3. The number of hydrogen-bond acceptors (Lipinski definition) is 2. The van der Waals surface area contributed by atoms with Crippen molar-refractivity contribution in [1.29, 1.82) is 0 Å². The monoisotopic (exact) mass is 428 g/mol. The number of amides is 1. The molecule has 2 aliphatic rings. The van der Waals surface area contributed by atoms with Crippen LogP contribution in [0.3, 0.4) is 0 Å². The van der Waals surface area contributed by atoms with E-state index in [-0.39, 0.29) is 23.7 Å². The number of rotatable bonds is 4. The fourth-order valence-electron chi connectivity index (χ4n) is 5.46. The van der Waals surface area contributed by atoms with Crippen LogP contribution in [-0.4, -0.2) is 41.4 Å². The van der Waals surface area contributed by atoms with Crippen molar-refractivity contribution in [1.82, 2.24) is 9.80 Å². The van der Waals surface area contributed by atoms with Crippen molar-refractivity contribution in [2.24, 2.45) is 5.92 Å². The van der Waals surface area contributed by atoms with Crippen LogP contribution < -0.4 is 0 Å². The molecule has 2 saturated heterocycles. The number of benzene rings is 3. The Labute approximate surface area is 189 Å². The summed E-state index contributed by atoms with van der Waals surface area (Å²) in [6, 6.07) is 25.6.